The number of hydrogen-bond acceptors (Lipinski definition) is 4. The minimum atomic E-state index is 0.168. The Kier molecular flexibility index (Phi) is 5.25. The fourth-order valence-electron chi connectivity index (χ4n) is 3.20. The predicted molar refractivity (Wildman–Crippen MR) is 92.3 cm³/mol. The van der Waals surface area contributed by atoms with Gasteiger partial charge in [-0.05, 0) is 31.9 Å². The Morgan fingerprint density at radius 1 is 1.33 bits per heavy atom. The number of carbonyl (C=O) groups is 1. The molecule has 6 heteroatoms. The van der Waals surface area contributed by atoms with Crippen LogP contribution < -0.4 is 0 Å². The van der Waals surface area contributed by atoms with Crippen LogP contribution in [0.15, 0.2) is 36.9 Å². The van der Waals surface area contributed by atoms with Gasteiger partial charge in [0.25, 0.3) is 0 Å². The monoisotopic (exact) mass is 327 g/mol. The van der Waals surface area contributed by atoms with Gasteiger partial charge in [-0.15, -0.1) is 0 Å². The highest BCUT2D eigenvalue weighted by molar-refractivity contribution is 5.78. The summed E-state index contributed by atoms with van der Waals surface area (Å²) in [7, 11) is 1.88. The van der Waals surface area contributed by atoms with E-state index in [1.165, 1.54) is 5.56 Å². The molecule has 1 aliphatic heterocycles. The fourth-order valence-corrected chi connectivity index (χ4v) is 3.20. The summed E-state index contributed by atoms with van der Waals surface area (Å²) in [5.74, 6) is 0.168. The summed E-state index contributed by atoms with van der Waals surface area (Å²) < 4.78 is 1.85. The van der Waals surface area contributed by atoms with Crippen molar-refractivity contribution in [3.8, 4) is 0 Å². The van der Waals surface area contributed by atoms with E-state index in [0.29, 0.717) is 19.1 Å². The van der Waals surface area contributed by atoms with Crippen LogP contribution in [-0.4, -0.2) is 56.7 Å². The van der Waals surface area contributed by atoms with Gasteiger partial charge in [-0.1, -0.05) is 29.8 Å². The van der Waals surface area contributed by atoms with Crippen molar-refractivity contribution in [2.75, 3.05) is 20.1 Å². The molecule has 1 aliphatic rings. The Labute approximate surface area is 143 Å². The number of likely N-dealkylation sites (tertiary alicyclic amines) is 1. The molecule has 1 saturated heterocycles. The summed E-state index contributed by atoms with van der Waals surface area (Å²) in [5.41, 5.74) is 2.40. The van der Waals surface area contributed by atoms with Gasteiger partial charge in [0.05, 0.1) is 13.1 Å². The highest BCUT2D eigenvalue weighted by Gasteiger charge is 2.27. The minimum absolute atomic E-state index is 0.168. The number of hydrogen-bond donors (Lipinski definition) is 0. The second-order valence-corrected chi connectivity index (χ2v) is 6.62. The number of benzene rings is 1. The van der Waals surface area contributed by atoms with Crippen molar-refractivity contribution in [1.82, 2.24) is 24.6 Å². The zero-order valence-corrected chi connectivity index (χ0v) is 14.4. The van der Waals surface area contributed by atoms with Crippen LogP contribution in [0.25, 0.3) is 0 Å². The third kappa shape index (κ3) is 4.20. The molecule has 1 fully saturated rings. The summed E-state index contributed by atoms with van der Waals surface area (Å²) in [6, 6.07) is 8.71. The molecule has 0 spiro atoms. The van der Waals surface area contributed by atoms with E-state index in [1.54, 1.807) is 12.7 Å². The van der Waals surface area contributed by atoms with Gasteiger partial charge in [0.2, 0.25) is 5.91 Å². The summed E-state index contributed by atoms with van der Waals surface area (Å²) in [4.78, 5) is 20.6. The van der Waals surface area contributed by atoms with Gasteiger partial charge < -0.3 is 4.90 Å². The SMILES string of the molecule is Cc1ccc(CN(C)C(=O)CN2CCC[C@@H]2Cn2cncn2)cc1. The third-order valence-corrected chi connectivity index (χ3v) is 4.67. The largest absolute Gasteiger partial charge is 0.340 e. The van der Waals surface area contributed by atoms with Gasteiger partial charge in [0.15, 0.2) is 0 Å². The van der Waals surface area contributed by atoms with Gasteiger partial charge in [0, 0.05) is 19.6 Å². The first kappa shape index (κ1) is 16.6. The van der Waals surface area contributed by atoms with Crippen LogP contribution in [-0.2, 0) is 17.9 Å². The van der Waals surface area contributed by atoms with E-state index in [0.717, 1.165) is 31.5 Å². The van der Waals surface area contributed by atoms with Crippen molar-refractivity contribution in [2.45, 2.75) is 38.9 Å². The molecule has 2 heterocycles. The Morgan fingerprint density at radius 2 is 2.12 bits per heavy atom. The van der Waals surface area contributed by atoms with Crippen molar-refractivity contribution in [3.05, 3.63) is 48.0 Å². The molecule has 6 nitrogen and oxygen atoms in total. The molecule has 1 aromatic carbocycles. The Hall–Kier alpha value is -2.21. The van der Waals surface area contributed by atoms with E-state index in [1.807, 2.05) is 16.6 Å². The highest BCUT2D eigenvalue weighted by atomic mass is 16.2. The van der Waals surface area contributed by atoms with Gasteiger partial charge in [-0.2, -0.15) is 5.10 Å². The fraction of sp³-hybridized carbons (Fsp3) is 0.500. The smallest absolute Gasteiger partial charge is 0.236 e. The molecular formula is C18H25N5O. The van der Waals surface area contributed by atoms with Crippen molar-refractivity contribution in [1.29, 1.82) is 0 Å². The average Bonchev–Trinajstić information content (AvgIpc) is 3.22. The third-order valence-electron chi connectivity index (χ3n) is 4.67. The zero-order valence-electron chi connectivity index (χ0n) is 14.4. The molecular weight excluding hydrogens is 302 g/mol. The Morgan fingerprint density at radius 3 is 2.83 bits per heavy atom. The zero-order chi connectivity index (χ0) is 16.9. The lowest BCUT2D eigenvalue weighted by Gasteiger charge is -2.26. The Bertz CT molecular complexity index is 653. The van der Waals surface area contributed by atoms with Crippen LogP contribution in [0.4, 0.5) is 0 Å². The maximum Gasteiger partial charge on any atom is 0.236 e. The molecule has 1 atom stereocenters. The first-order valence-corrected chi connectivity index (χ1v) is 8.48. The Balaban J connectivity index is 1.53. The van der Waals surface area contributed by atoms with Gasteiger partial charge in [0.1, 0.15) is 12.7 Å². The molecule has 0 bridgehead atoms. The summed E-state index contributed by atoms with van der Waals surface area (Å²) >= 11 is 0. The maximum atomic E-state index is 12.6. The van der Waals surface area contributed by atoms with Crippen molar-refractivity contribution < 1.29 is 4.79 Å². The molecule has 0 N–H and O–H groups in total. The molecule has 1 aromatic heterocycles. The molecule has 1 amide bonds. The lowest BCUT2D eigenvalue weighted by atomic mass is 10.1. The molecule has 0 radical (unpaired) electrons. The predicted octanol–water partition coefficient (Wildman–Crippen LogP) is 1.71. The van der Waals surface area contributed by atoms with Gasteiger partial charge in [-0.3, -0.25) is 14.4 Å². The second kappa shape index (κ2) is 7.57. The first-order valence-electron chi connectivity index (χ1n) is 8.48. The quantitative estimate of drug-likeness (QED) is 0.810. The molecule has 3 rings (SSSR count). The number of amides is 1. The van der Waals surface area contributed by atoms with Crippen molar-refractivity contribution in [3.63, 3.8) is 0 Å². The van der Waals surface area contributed by atoms with Crippen LogP contribution in [0.5, 0.6) is 0 Å². The normalized spacial score (nSPS) is 18.0. The van der Waals surface area contributed by atoms with Crippen LogP contribution in [0.2, 0.25) is 0 Å². The minimum Gasteiger partial charge on any atom is -0.340 e. The van der Waals surface area contributed by atoms with Crippen LogP contribution >= 0.6 is 0 Å². The van der Waals surface area contributed by atoms with Gasteiger partial charge in [-0.25, -0.2) is 4.98 Å². The lowest BCUT2D eigenvalue weighted by Crippen LogP contribution is -2.41. The van der Waals surface area contributed by atoms with E-state index < -0.39 is 0 Å². The molecule has 24 heavy (non-hydrogen) atoms. The first-order chi connectivity index (χ1) is 11.6. The standard InChI is InChI=1S/C18H25N5O/c1-15-5-7-16(8-6-15)10-21(2)18(24)12-22-9-3-4-17(22)11-23-14-19-13-20-23/h5-8,13-14,17H,3-4,9-12H2,1-2H3/t17-/m1/s1. The molecule has 0 saturated carbocycles. The second-order valence-electron chi connectivity index (χ2n) is 6.62. The van der Waals surface area contributed by atoms with Crippen LogP contribution in [0.1, 0.15) is 24.0 Å². The topological polar surface area (TPSA) is 54.3 Å². The number of likely N-dealkylation sites (N-methyl/N-ethyl adjacent to an activating group) is 1. The van der Waals surface area contributed by atoms with E-state index >= 15 is 0 Å². The van der Waals surface area contributed by atoms with E-state index in [2.05, 4.69) is 46.2 Å². The number of rotatable bonds is 6. The molecule has 128 valence electrons. The number of nitrogens with zero attached hydrogens (tertiary/aromatic N) is 5. The van der Waals surface area contributed by atoms with Crippen molar-refractivity contribution >= 4 is 5.91 Å². The molecule has 0 aliphatic carbocycles. The van der Waals surface area contributed by atoms with Gasteiger partial charge >= 0.3 is 0 Å². The highest BCUT2D eigenvalue weighted by Crippen LogP contribution is 2.18. The van der Waals surface area contributed by atoms with Crippen LogP contribution in [0, 0.1) is 6.92 Å². The summed E-state index contributed by atoms with van der Waals surface area (Å²) in [5, 5.41) is 4.17. The molecule has 0 unspecified atom stereocenters. The maximum absolute atomic E-state index is 12.6. The van der Waals surface area contributed by atoms with E-state index in [4.69, 9.17) is 0 Å². The average molecular weight is 327 g/mol. The number of aryl methyl sites for hydroxylation is 1. The number of carbonyl (C=O) groups excluding carboxylic acids is 1. The van der Waals surface area contributed by atoms with Crippen LogP contribution in [0.3, 0.4) is 0 Å². The lowest BCUT2D eigenvalue weighted by molar-refractivity contribution is -0.131. The summed E-state index contributed by atoms with van der Waals surface area (Å²) in [6.45, 7) is 4.97. The number of aromatic nitrogens is 3. The summed E-state index contributed by atoms with van der Waals surface area (Å²) in [6.07, 6.45) is 5.53. The van der Waals surface area contributed by atoms with Crippen molar-refractivity contribution in [2.24, 2.45) is 0 Å². The van der Waals surface area contributed by atoms with E-state index in [-0.39, 0.29) is 5.91 Å². The van der Waals surface area contributed by atoms with E-state index in [9.17, 15) is 4.79 Å². The molecule has 2 aromatic rings.